The van der Waals surface area contributed by atoms with Crippen LogP contribution in [0.15, 0.2) is 6.20 Å². The number of nitrogens with zero attached hydrogens (tertiary/aromatic N) is 1. The first-order valence-electron chi connectivity index (χ1n) is 4.11. The molecule has 16 heavy (non-hydrogen) atoms. The van der Waals surface area contributed by atoms with Crippen LogP contribution in [0.2, 0.25) is 0 Å². The maximum absolute atomic E-state index is 12.7. The lowest BCUT2D eigenvalue weighted by Crippen LogP contribution is -2.09. The van der Waals surface area contributed by atoms with Gasteiger partial charge < -0.3 is 9.47 Å². The fourth-order valence-electron chi connectivity index (χ4n) is 1.09. The first-order valence-corrected chi connectivity index (χ1v) is 5.19. The Balaban J connectivity index is 3.37. The molecule has 0 aromatic carbocycles. The van der Waals surface area contributed by atoms with E-state index in [0.717, 1.165) is 6.20 Å². The number of carbonyl (C=O) groups is 1. The summed E-state index contributed by atoms with van der Waals surface area (Å²) in [7, 11) is 2.41. The molecule has 0 aliphatic rings. The highest BCUT2D eigenvalue weighted by Crippen LogP contribution is 2.33. The molecule has 4 nitrogen and oxygen atoms in total. The minimum Gasteiger partial charge on any atom is -0.481 e. The second-order valence-corrected chi connectivity index (χ2v) is 3.78. The van der Waals surface area contributed by atoms with Gasteiger partial charge in [0.25, 0.3) is 6.43 Å². The lowest BCUT2D eigenvalue weighted by molar-refractivity contribution is 0.0598. The molecule has 0 fully saturated rings. The third-order valence-electron chi connectivity index (χ3n) is 1.83. The van der Waals surface area contributed by atoms with Gasteiger partial charge >= 0.3 is 5.97 Å². The molecular formula is C9H8F2INO3. The molecule has 0 aliphatic carbocycles. The molecule has 0 unspecified atom stereocenters. The fourth-order valence-corrected chi connectivity index (χ4v) is 1.92. The zero-order valence-corrected chi connectivity index (χ0v) is 10.6. The van der Waals surface area contributed by atoms with Crippen molar-refractivity contribution in [3.8, 4) is 5.88 Å². The molecule has 0 bridgehead atoms. The normalized spacial score (nSPS) is 10.4. The van der Waals surface area contributed by atoms with Gasteiger partial charge in [0.15, 0.2) is 0 Å². The van der Waals surface area contributed by atoms with Crippen LogP contribution in [0.3, 0.4) is 0 Å². The van der Waals surface area contributed by atoms with Gasteiger partial charge in [-0.1, -0.05) is 0 Å². The fraction of sp³-hybridized carbons (Fsp3) is 0.333. The predicted molar refractivity (Wildman–Crippen MR) is 59.8 cm³/mol. The van der Waals surface area contributed by atoms with Crippen LogP contribution in [-0.2, 0) is 4.74 Å². The minimum atomic E-state index is -2.76. The summed E-state index contributed by atoms with van der Waals surface area (Å²) in [5, 5.41) is 0. The Labute approximate surface area is 104 Å². The molecule has 0 atom stereocenters. The van der Waals surface area contributed by atoms with Gasteiger partial charge in [-0.25, -0.2) is 18.6 Å². The van der Waals surface area contributed by atoms with Crippen LogP contribution in [0, 0.1) is 3.57 Å². The Morgan fingerprint density at radius 3 is 2.56 bits per heavy atom. The first-order chi connectivity index (χ1) is 7.52. The van der Waals surface area contributed by atoms with Crippen molar-refractivity contribution in [3.63, 3.8) is 0 Å². The second kappa shape index (κ2) is 5.37. The van der Waals surface area contributed by atoms with E-state index in [2.05, 4.69) is 9.72 Å². The van der Waals surface area contributed by atoms with E-state index in [1.165, 1.54) is 14.2 Å². The molecule has 0 aliphatic heterocycles. The molecule has 0 spiro atoms. The largest absolute Gasteiger partial charge is 0.481 e. The Hall–Kier alpha value is -0.990. The summed E-state index contributed by atoms with van der Waals surface area (Å²) in [5.41, 5.74) is -0.398. The van der Waals surface area contributed by atoms with Crippen LogP contribution in [-0.4, -0.2) is 25.2 Å². The van der Waals surface area contributed by atoms with Crippen molar-refractivity contribution < 1.29 is 23.0 Å². The summed E-state index contributed by atoms with van der Waals surface area (Å²) in [6, 6.07) is 0. The standard InChI is InChI=1S/C9H8F2INO3/c1-15-8-5(7(10)11)6(12)4(3-13-8)9(14)16-2/h3,7H,1-2H3. The number of halogens is 3. The lowest BCUT2D eigenvalue weighted by Gasteiger charge is -2.11. The van der Waals surface area contributed by atoms with Crippen LogP contribution in [0.25, 0.3) is 0 Å². The Kier molecular flexibility index (Phi) is 4.39. The quantitative estimate of drug-likeness (QED) is 0.625. The summed E-state index contributed by atoms with van der Waals surface area (Å²) >= 11 is 1.64. The molecule has 0 radical (unpaired) electrons. The van der Waals surface area contributed by atoms with Crippen molar-refractivity contribution in [2.24, 2.45) is 0 Å². The molecule has 7 heteroatoms. The first kappa shape index (κ1) is 13.1. The molecule has 1 aromatic rings. The topological polar surface area (TPSA) is 48.4 Å². The number of alkyl halides is 2. The van der Waals surface area contributed by atoms with Crippen molar-refractivity contribution in [1.29, 1.82) is 0 Å². The maximum Gasteiger partial charge on any atom is 0.340 e. The number of aromatic nitrogens is 1. The Morgan fingerprint density at radius 2 is 2.12 bits per heavy atom. The van der Waals surface area contributed by atoms with E-state index in [-0.39, 0.29) is 15.0 Å². The molecule has 0 saturated carbocycles. The maximum atomic E-state index is 12.7. The van der Waals surface area contributed by atoms with Crippen LogP contribution >= 0.6 is 22.6 Å². The van der Waals surface area contributed by atoms with E-state index in [1.807, 2.05) is 0 Å². The molecule has 0 amide bonds. The van der Waals surface area contributed by atoms with Gasteiger partial charge in [-0.2, -0.15) is 0 Å². The van der Waals surface area contributed by atoms with E-state index in [1.54, 1.807) is 22.6 Å². The van der Waals surface area contributed by atoms with E-state index in [9.17, 15) is 13.6 Å². The Morgan fingerprint density at radius 1 is 1.50 bits per heavy atom. The number of rotatable bonds is 3. The average molecular weight is 343 g/mol. The van der Waals surface area contributed by atoms with Gasteiger partial charge in [0, 0.05) is 9.77 Å². The zero-order chi connectivity index (χ0) is 12.3. The number of hydrogen-bond acceptors (Lipinski definition) is 4. The third-order valence-corrected chi connectivity index (χ3v) is 2.99. The van der Waals surface area contributed by atoms with Gasteiger partial charge in [0.1, 0.15) is 0 Å². The smallest absolute Gasteiger partial charge is 0.340 e. The molecule has 0 saturated heterocycles. The van der Waals surface area contributed by atoms with Crippen molar-refractivity contribution in [2.75, 3.05) is 14.2 Å². The number of ether oxygens (including phenoxy) is 2. The van der Waals surface area contributed by atoms with Crippen molar-refractivity contribution in [1.82, 2.24) is 4.98 Å². The third kappa shape index (κ3) is 2.39. The SMILES string of the molecule is COC(=O)c1cnc(OC)c(C(F)F)c1I. The van der Waals surface area contributed by atoms with Crippen molar-refractivity contribution >= 4 is 28.6 Å². The average Bonchev–Trinajstić information content (AvgIpc) is 2.26. The molecule has 0 N–H and O–H groups in total. The number of carbonyl (C=O) groups excluding carboxylic acids is 1. The number of hydrogen-bond donors (Lipinski definition) is 0. The second-order valence-electron chi connectivity index (χ2n) is 2.70. The van der Waals surface area contributed by atoms with E-state index >= 15 is 0 Å². The van der Waals surface area contributed by atoms with Gasteiger partial charge in [0.05, 0.1) is 25.3 Å². The van der Waals surface area contributed by atoms with Crippen LogP contribution in [0.5, 0.6) is 5.88 Å². The summed E-state index contributed by atoms with van der Waals surface area (Å²) in [6.45, 7) is 0. The molecule has 88 valence electrons. The number of pyridine rings is 1. The van der Waals surface area contributed by atoms with Gasteiger partial charge in [-0.05, 0) is 22.6 Å². The van der Waals surface area contributed by atoms with Crippen LogP contribution < -0.4 is 4.74 Å². The minimum absolute atomic E-state index is 0.000741. The van der Waals surface area contributed by atoms with E-state index in [4.69, 9.17) is 4.74 Å². The predicted octanol–water partition coefficient (Wildman–Crippen LogP) is 2.42. The van der Waals surface area contributed by atoms with E-state index in [0.29, 0.717) is 0 Å². The van der Waals surface area contributed by atoms with Crippen LogP contribution in [0.1, 0.15) is 22.3 Å². The number of methoxy groups -OCH3 is 2. The van der Waals surface area contributed by atoms with Gasteiger partial charge in [-0.3, -0.25) is 0 Å². The van der Waals surface area contributed by atoms with Gasteiger partial charge in [-0.15, -0.1) is 0 Å². The summed E-state index contributed by atoms with van der Waals surface area (Å²) in [6.07, 6.45) is -1.61. The molecule has 1 rings (SSSR count). The van der Waals surface area contributed by atoms with E-state index < -0.39 is 18.0 Å². The molecular weight excluding hydrogens is 335 g/mol. The summed E-state index contributed by atoms with van der Waals surface area (Å²) in [4.78, 5) is 14.9. The summed E-state index contributed by atoms with van der Waals surface area (Å²) < 4.78 is 34.7. The zero-order valence-electron chi connectivity index (χ0n) is 8.46. The molecule has 1 aromatic heterocycles. The lowest BCUT2D eigenvalue weighted by atomic mass is 10.2. The highest BCUT2D eigenvalue weighted by atomic mass is 127. The highest BCUT2D eigenvalue weighted by molar-refractivity contribution is 14.1. The van der Waals surface area contributed by atoms with Crippen LogP contribution in [0.4, 0.5) is 8.78 Å². The summed E-state index contributed by atoms with van der Waals surface area (Å²) in [5.74, 6) is -0.895. The Bertz CT molecular complexity index is 412. The monoisotopic (exact) mass is 343 g/mol. The van der Waals surface area contributed by atoms with Gasteiger partial charge in [0.2, 0.25) is 5.88 Å². The van der Waals surface area contributed by atoms with Crippen molar-refractivity contribution in [2.45, 2.75) is 6.43 Å². The number of esters is 1. The van der Waals surface area contributed by atoms with Crippen molar-refractivity contribution in [3.05, 3.63) is 20.9 Å². The molecule has 1 heterocycles. The highest BCUT2D eigenvalue weighted by Gasteiger charge is 2.24.